The highest BCUT2D eigenvalue weighted by Gasteiger charge is 2.02. The van der Waals surface area contributed by atoms with E-state index >= 15 is 0 Å². The van der Waals surface area contributed by atoms with Gasteiger partial charge in [0, 0.05) is 0 Å². The van der Waals surface area contributed by atoms with E-state index in [1.807, 2.05) is 30.3 Å². The molecule has 0 bridgehead atoms. The highest BCUT2D eigenvalue weighted by atomic mass is 16.4. The Balaban J connectivity index is 2.56. The zero-order valence-electron chi connectivity index (χ0n) is 7.51. The van der Waals surface area contributed by atoms with Crippen LogP contribution in [0.15, 0.2) is 36.4 Å². The molecule has 0 heterocycles. The van der Waals surface area contributed by atoms with Crippen LogP contribution in [-0.2, 0) is 9.59 Å². The second-order valence-electron chi connectivity index (χ2n) is 2.78. The van der Waals surface area contributed by atoms with Crippen LogP contribution in [0.25, 0.3) is 6.08 Å². The molecular formula is C11H10O3. The van der Waals surface area contributed by atoms with Crippen LogP contribution in [0.5, 0.6) is 0 Å². The summed E-state index contributed by atoms with van der Waals surface area (Å²) in [5, 5.41) is 8.33. The van der Waals surface area contributed by atoms with Gasteiger partial charge in [-0.3, -0.25) is 9.59 Å². The lowest BCUT2D eigenvalue weighted by Gasteiger charge is -1.90. The van der Waals surface area contributed by atoms with Gasteiger partial charge in [-0.1, -0.05) is 36.4 Å². The number of hydrogen-bond donors (Lipinski definition) is 1. The SMILES string of the molecule is O=C(O)CC(=O)/C=C/c1ccccc1. The Morgan fingerprint density at radius 3 is 2.43 bits per heavy atom. The maximum absolute atomic E-state index is 11.0. The minimum absolute atomic E-state index is 0.402. The second-order valence-corrected chi connectivity index (χ2v) is 2.78. The van der Waals surface area contributed by atoms with Gasteiger partial charge in [0.05, 0.1) is 0 Å². The third kappa shape index (κ3) is 3.67. The molecule has 0 fully saturated rings. The molecule has 0 aliphatic heterocycles. The first-order chi connectivity index (χ1) is 6.68. The number of rotatable bonds is 4. The molecule has 3 nitrogen and oxygen atoms in total. The fourth-order valence-corrected chi connectivity index (χ4v) is 0.961. The number of carboxylic acid groups (broad SMARTS) is 1. The van der Waals surface area contributed by atoms with Crippen LogP contribution >= 0.6 is 0 Å². The quantitative estimate of drug-likeness (QED) is 0.581. The Morgan fingerprint density at radius 2 is 1.86 bits per heavy atom. The highest BCUT2D eigenvalue weighted by molar-refractivity contribution is 6.03. The topological polar surface area (TPSA) is 54.4 Å². The highest BCUT2D eigenvalue weighted by Crippen LogP contribution is 2.01. The Bertz CT molecular complexity index is 352. The fourth-order valence-electron chi connectivity index (χ4n) is 0.961. The molecule has 0 atom stereocenters. The minimum Gasteiger partial charge on any atom is -0.481 e. The molecule has 0 aromatic heterocycles. The van der Waals surface area contributed by atoms with Crippen molar-refractivity contribution in [3.63, 3.8) is 0 Å². The van der Waals surface area contributed by atoms with Gasteiger partial charge >= 0.3 is 5.97 Å². The number of allylic oxidation sites excluding steroid dienone is 1. The van der Waals surface area contributed by atoms with Crippen LogP contribution in [0.2, 0.25) is 0 Å². The molecule has 0 unspecified atom stereocenters. The van der Waals surface area contributed by atoms with Crippen molar-refractivity contribution in [2.75, 3.05) is 0 Å². The fraction of sp³-hybridized carbons (Fsp3) is 0.0909. The minimum atomic E-state index is -1.10. The molecule has 0 aliphatic carbocycles. The van der Waals surface area contributed by atoms with Crippen LogP contribution < -0.4 is 0 Å². The van der Waals surface area contributed by atoms with Crippen LogP contribution in [0, 0.1) is 0 Å². The molecule has 1 aromatic carbocycles. The van der Waals surface area contributed by atoms with Crippen molar-refractivity contribution >= 4 is 17.8 Å². The third-order valence-electron chi connectivity index (χ3n) is 1.59. The largest absolute Gasteiger partial charge is 0.481 e. The summed E-state index contributed by atoms with van der Waals surface area (Å²) in [4.78, 5) is 21.1. The Hall–Kier alpha value is -1.90. The molecule has 14 heavy (non-hydrogen) atoms. The summed E-state index contributed by atoms with van der Waals surface area (Å²) in [5.74, 6) is -1.51. The Kier molecular flexibility index (Phi) is 3.61. The molecule has 3 heteroatoms. The molecule has 0 amide bonds. The lowest BCUT2D eigenvalue weighted by Crippen LogP contribution is -2.02. The smallest absolute Gasteiger partial charge is 0.311 e. The van der Waals surface area contributed by atoms with Crippen molar-refractivity contribution < 1.29 is 14.7 Å². The molecule has 1 aromatic rings. The summed E-state index contributed by atoms with van der Waals surface area (Å²) in [7, 11) is 0. The predicted octanol–water partition coefficient (Wildman–Crippen LogP) is 1.74. The monoisotopic (exact) mass is 190 g/mol. The number of carbonyl (C=O) groups is 2. The molecular weight excluding hydrogens is 180 g/mol. The average molecular weight is 190 g/mol. The second kappa shape index (κ2) is 4.97. The van der Waals surface area contributed by atoms with Crippen molar-refractivity contribution in [3.8, 4) is 0 Å². The maximum atomic E-state index is 11.0. The molecule has 72 valence electrons. The van der Waals surface area contributed by atoms with Crippen LogP contribution in [0.4, 0.5) is 0 Å². The summed E-state index contributed by atoms with van der Waals surface area (Å²) < 4.78 is 0. The molecule has 0 aliphatic rings. The zero-order chi connectivity index (χ0) is 10.4. The summed E-state index contributed by atoms with van der Waals surface area (Å²) in [6.45, 7) is 0. The Labute approximate surface area is 81.7 Å². The van der Waals surface area contributed by atoms with E-state index in [4.69, 9.17) is 5.11 Å². The number of carboxylic acids is 1. The van der Waals surface area contributed by atoms with E-state index in [0.29, 0.717) is 0 Å². The van der Waals surface area contributed by atoms with Gasteiger partial charge in [0.1, 0.15) is 6.42 Å². The van der Waals surface area contributed by atoms with Crippen molar-refractivity contribution in [2.45, 2.75) is 6.42 Å². The molecule has 0 spiro atoms. The van der Waals surface area contributed by atoms with Crippen LogP contribution in [-0.4, -0.2) is 16.9 Å². The first-order valence-corrected chi connectivity index (χ1v) is 4.16. The van der Waals surface area contributed by atoms with Gasteiger partial charge in [-0.15, -0.1) is 0 Å². The summed E-state index contributed by atoms with van der Waals surface area (Å²) >= 11 is 0. The summed E-state index contributed by atoms with van der Waals surface area (Å²) in [5.41, 5.74) is 0.881. The van der Waals surface area contributed by atoms with Crippen LogP contribution in [0.3, 0.4) is 0 Å². The predicted molar refractivity (Wildman–Crippen MR) is 52.7 cm³/mol. The van der Waals surface area contributed by atoms with Crippen molar-refractivity contribution in [3.05, 3.63) is 42.0 Å². The van der Waals surface area contributed by atoms with Gasteiger partial charge in [0.25, 0.3) is 0 Å². The van der Waals surface area contributed by atoms with Crippen molar-refractivity contribution in [1.29, 1.82) is 0 Å². The summed E-state index contributed by atoms with van der Waals surface area (Å²) in [6, 6.07) is 9.24. The van der Waals surface area contributed by atoms with Gasteiger partial charge in [0.2, 0.25) is 0 Å². The van der Waals surface area contributed by atoms with Gasteiger partial charge in [-0.25, -0.2) is 0 Å². The lowest BCUT2D eigenvalue weighted by molar-refractivity contribution is -0.139. The number of hydrogen-bond acceptors (Lipinski definition) is 2. The van der Waals surface area contributed by atoms with E-state index < -0.39 is 18.2 Å². The van der Waals surface area contributed by atoms with E-state index in [1.54, 1.807) is 6.08 Å². The van der Waals surface area contributed by atoms with E-state index in [-0.39, 0.29) is 0 Å². The molecule has 1 N–H and O–H groups in total. The standard InChI is InChI=1S/C11H10O3/c12-10(8-11(13)14)7-6-9-4-2-1-3-5-9/h1-7H,8H2,(H,13,14)/b7-6+. The molecule has 1 rings (SSSR count). The first kappa shape index (κ1) is 10.2. The van der Waals surface area contributed by atoms with Gasteiger partial charge in [-0.2, -0.15) is 0 Å². The van der Waals surface area contributed by atoms with Crippen molar-refractivity contribution in [1.82, 2.24) is 0 Å². The number of ketones is 1. The van der Waals surface area contributed by atoms with E-state index in [0.717, 1.165) is 5.56 Å². The number of aliphatic carboxylic acids is 1. The van der Waals surface area contributed by atoms with E-state index in [9.17, 15) is 9.59 Å². The molecule has 0 saturated carbocycles. The number of benzene rings is 1. The van der Waals surface area contributed by atoms with Gasteiger partial charge in [0.15, 0.2) is 5.78 Å². The van der Waals surface area contributed by atoms with Crippen LogP contribution in [0.1, 0.15) is 12.0 Å². The third-order valence-corrected chi connectivity index (χ3v) is 1.59. The molecule has 0 saturated heterocycles. The van der Waals surface area contributed by atoms with Gasteiger partial charge < -0.3 is 5.11 Å². The zero-order valence-corrected chi connectivity index (χ0v) is 7.51. The maximum Gasteiger partial charge on any atom is 0.311 e. The van der Waals surface area contributed by atoms with E-state index in [2.05, 4.69) is 0 Å². The lowest BCUT2D eigenvalue weighted by atomic mass is 10.2. The normalized spacial score (nSPS) is 10.3. The average Bonchev–Trinajstić information content (AvgIpc) is 2.15. The van der Waals surface area contributed by atoms with Gasteiger partial charge in [-0.05, 0) is 11.6 Å². The summed E-state index contributed by atoms with van der Waals surface area (Å²) in [6.07, 6.45) is 2.43. The molecule has 0 radical (unpaired) electrons. The Morgan fingerprint density at radius 1 is 1.21 bits per heavy atom. The van der Waals surface area contributed by atoms with Crippen molar-refractivity contribution in [2.24, 2.45) is 0 Å². The van der Waals surface area contributed by atoms with E-state index in [1.165, 1.54) is 6.08 Å². The number of carbonyl (C=O) groups excluding carboxylic acids is 1. The first-order valence-electron chi connectivity index (χ1n) is 4.16.